The fourth-order valence-corrected chi connectivity index (χ4v) is 1.89. The van der Waals surface area contributed by atoms with Crippen LogP contribution in [0.4, 0.5) is 4.39 Å². The van der Waals surface area contributed by atoms with Gasteiger partial charge >= 0.3 is 0 Å². The fraction of sp³-hybridized carbons (Fsp3) is 0.500. The molecule has 1 amide bonds. The van der Waals surface area contributed by atoms with Gasteiger partial charge in [0.1, 0.15) is 11.9 Å². The Morgan fingerprint density at radius 3 is 2.56 bits per heavy atom. The van der Waals surface area contributed by atoms with Gasteiger partial charge in [0.25, 0.3) is 5.91 Å². The largest absolute Gasteiger partial charge is 0.372 e. The summed E-state index contributed by atoms with van der Waals surface area (Å²) in [5.41, 5.74) is 0.944. The predicted molar refractivity (Wildman–Crippen MR) is 66.4 cm³/mol. The molecule has 1 aliphatic rings. The molecular weight excluding hydrogens is 233 g/mol. The van der Waals surface area contributed by atoms with Crippen LogP contribution < -0.4 is 0 Å². The van der Waals surface area contributed by atoms with Crippen LogP contribution in [0.1, 0.15) is 25.3 Å². The van der Waals surface area contributed by atoms with Crippen molar-refractivity contribution in [2.24, 2.45) is 0 Å². The molecule has 0 bridgehead atoms. The van der Waals surface area contributed by atoms with E-state index in [4.69, 9.17) is 4.74 Å². The third-order valence-electron chi connectivity index (χ3n) is 3.24. The average Bonchev–Trinajstić information content (AvgIpc) is 3.20. The van der Waals surface area contributed by atoms with Gasteiger partial charge in [0.05, 0.1) is 0 Å². The van der Waals surface area contributed by atoms with Crippen molar-refractivity contribution in [3.05, 3.63) is 35.6 Å². The maximum atomic E-state index is 12.8. The van der Waals surface area contributed by atoms with Gasteiger partial charge in [0.15, 0.2) is 0 Å². The summed E-state index contributed by atoms with van der Waals surface area (Å²) in [6.07, 6.45) is 1.67. The summed E-state index contributed by atoms with van der Waals surface area (Å²) in [6.45, 7) is 2.28. The molecule has 4 heteroatoms. The van der Waals surface area contributed by atoms with Crippen molar-refractivity contribution in [2.75, 3.05) is 7.11 Å². The van der Waals surface area contributed by atoms with Gasteiger partial charge in [0, 0.05) is 19.7 Å². The first kappa shape index (κ1) is 13.0. The second-order valence-electron chi connectivity index (χ2n) is 4.70. The summed E-state index contributed by atoms with van der Waals surface area (Å²) < 4.78 is 17.9. The van der Waals surface area contributed by atoms with Crippen LogP contribution in [0.3, 0.4) is 0 Å². The molecule has 0 aliphatic heterocycles. The topological polar surface area (TPSA) is 29.5 Å². The Morgan fingerprint density at radius 2 is 2.06 bits per heavy atom. The highest BCUT2D eigenvalue weighted by atomic mass is 19.1. The highest BCUT2D eigenvalue weighted by Gasteiger charge is 2.34. The second-order valence-corrected chi connectivity index (χ2v) is 4.70. The summed E-state index contributed by atoms with van der Waals surface area (Å²) in [6, 6.07) is 6.60. The van der Waals surface area contributed by atoms with Gasteiger partial charge in [0.2, 0.25) is 0 Å². The molecule has 0 heterocycles. The maximum absolute atomic E-state index is 12.8. The minimum atomic E-state index is -0.425. The van der Waals surface area contributed by atoms with Gasteiger partial charge in [-0.25, -0.2) is 4.39 Å². The number of benzene rings is 1. The lowest BCUT2D eigenvalue weighted by Gasteiger charge is -2.25. The summed E-state index contributed by atoms with van der Waals surface area (Å²) >= 11 is 0. The highest BCUT2D eigenvalue weighted by molar-refractivity contribution is 5.81. The summed E-state index contributed by atoms with van der Waals surface area (Å²) in [5, 5.41) is 0. The number of carbonyl (C=O) groups excluding carboxylic acids is 1. The van der Waals surface area contributed by atoms with E-state index in [1.807, 2.05) is 4.90 Å². The van der Waals surface area contributed by atoms with Crippen LogP contribution >= 0.6 is 0 Å². The van der Waals surface area contributed by atoms with Crippen molar-refractivity contribution in [1.29, 1.82) is 0 Å². The van der Waals surface area contributed by atoms with Gasteiger partial charge in [-0.2, -0.15) is 0 Å². The number of carbonyl (C=O) groups is 1. The fourth-order valence-electron chi connectivity index (χ4n) is 1.89. The minimum Gasteiger partial charge on any atom is -0.372 e. The molecule has 1 saturated carbocycles. The molecule has 3 nitrogen and oxygen atoms in total. The van der Waals surface area contributed by atoms with E-state index in [-0.39, 0.29) is 11.7 Å². The normalized spacial score (nSPS) is 16.4. The standard InChI is InChI=1S/C14H18FNO2/c1-10(18-2)14(17)16(13-7-8-13)9-11-3-5-12(15)6-4-11/h3-6,10,13H,7-9H2,1-2H3. The molecule has 1 aliphatic carbocycles. The number of methoxy groups -OCH3 is 1. The molecule has 1 aromatic carbocycles. The van der Waals surface area contributed by atoms with Crippen LogP contribution in [0.25, 0.3) is 0 Å². The van der Waals surface area contributed by atoms with Crippen molar-refractivity contribution in [1.82, 2.24) is 4.90 Å². The zero-order valence-electron chi connectivity index (χ0n) is 10.7. The van der Waals surface area contributed by atoms with Crippen molar-refractivity contribution in [3.8, 4) is 0 Å². The molecule has 0 N–H and O–H groups in total. The van der Waals surface area contributed by atoms with Gasteiger partial charge in [-0.3, -0.25) is 4.79 Å². The molecule has 98 valence electrons. The zero-order chi connectivity index (χ0) is 13.1. The molecule has 1 fully saturated rings. The molecule has 0 spiro atoms. The number of amides is 1. The number of ether oxygens (including phenoxy) is 1. The van der Waals surface area contributed by atoms with E-state index >= 15 is 0 Å². The van der Waals surface area contributed by atoms with Crippen LogP contribution in [0.15, 0.2) is 24.3 Å². The molecule has 0 saturated heterocycles. The molecule has 2 rings (SSSR count). The van der Waals surface area contributed by atoms with E-state index < -0.39 is 6.10 Å². The Morgan fingerprint density at radius 1 is 1.44 bits per heavy atom. The SMILES string of the molecule is COC(C)C(=O)N(Cc1ccc(F)cc1)C1CC1. The first-order valence-corrected chi connectivity index (χ1v) is 6.19. The van der Waals surface area contributed by atoms with E-state index in [0.29, 0.717) is 12.6 Å². The first-order valence-electron chi connectivity index (χ1n) is 6.19. The number of nitrogens with zero attached hydrogens (tertiary/aromatic N) is 1. The van der Waals surface area contributed by atoms with E-state index in [9.17, 15) is 9.18 Å². The van der Waals surface area contributed by atoms with E-state index in [2.05, 4.69) is 0 Å². The third kappa shape index (κ3) is 3.07. The Hall–Kier alpha value is -1.42. The molecule has 1 unspecified atom stereocenters. The zero-order valence-corrected chi connectivity index (χ0v) is 10.7. The lowest BCUT2D eigenvalue weighted by atomic mass is 10.2. The van der Waals surface area contributed by atoms with Gasteiger partial charge < -0.3 is 9.64 Å². The first-order chi connectivity index (χ1) is 8.61. The summed E-state index contributed by atoms with van der Waals surface area (Å²) in [4.78, 5) is 14.0. The molecule has 1 aromatic rings. The quantitative estimate of drug-likeness (QED) is 0.804. The van der Waals surface area contributed by atoms with Gasteiger partial charge in [-0.15, -0.1) is 0 Å². The Bertz CT molecular complexity index is 414. The van der Waals surface area contributed by atoms with E-state index in [1.54, 1.807) is 19.1 Å². The number of halogens is 1. The van der Waals surface area contributed by atoms with Crippen LogP contribution in [0.5, 0.6) is 0 Å². The monoisotopic (exact) mass is 251 g/mol. The molecule has 18 heavy (non-hydrogen) atoms. The minimum absolute atomic E-state index is 0.00400. The Kier molecular flexibility index (Phi) is 3.97. The third-order valence-corrected chi connectivity index (χ3v) is 3.24. The Balaban J connectivity index is 2.06. The van der Waals surface area contributed by atoms with Crippen molar-refractivity contribution in [2.45, 2.75) is 38.5 Å². The second kappa shape index (κ2) is 5.48. The smallest absolute Gasteiger partial charge is 0.251 e. The van der Waals surface area contributed by atoms with Gasteiger partial charge in [-0.1, -0.05) is 12.1 Å². The number of rotatable bonds is 5. The van der Waals surface area contributed by atoms with Gasteiger partial charge in [-0.05, 0) is 37.5 Å². The molecule has 1 atom stereocenters. The summed E-state index contributed by atoms with van der Waals surface area (Å²) in [5.74, 6) is -0.252. The lowest BCUT2D eigenvalue weighted by Crippen LogP contribution is -2.39. The van der Waals surface area contributed by atoms with Crippen LogP contribution in [0.2, 0.25) is 0 Å². The van der Waals surface area contributed by atoms with E-state index in [0.717, 1.165) is 18.4 Å². The van der Waals surface area contributed by atoms with Crippen molar-refractivity contribution >= 4 is 5.91 Å². The van der Waals surface area contributed by atoms with Crippen LogP contribution in [-0.4, -0.2) is 30.1 Å². The average molecular weight is 251 g/mol. The molecular formula is C14H18FNO2. The lowest BCUT2D eigenvalue weighted by molar-refractivity contribution is -0.142. The number of hydrogen-bond donors (Lipinski definition) is 0. The summed E-state index contributed by atoms with van der Waals surface area (Å²) in [7, 11) is 1.53. The maximum Gasteiger partial charge on any atom is 0.251 e. The van der Waals surface area contributed by atoms with Crippen LogP contribution in [-0.2, 0) is 16.1 Å². The van der Waals surface area contributed by atoms with Crippen LogP contribution in [0, 0.1) is 5.82 Å². The van der Waals surface area contributed by atoms with Crippen molar-refractivity contribution in [3.63, 3.8) is 0 Å². The Labute approximate surface area is 107 Å². The highest BCUT2D eigenvalue weighted by Crippen LogP contribution is 2.29. The predicted octanol–water partition coefficient (Wildman–Crippen LogP) is 2.35. The van der Waals surface area contributed by atoms with E-state index in [1.165, 1.54) is 19.2 Å². The van der Waals surface area contributed by atoms with Crippen molar-refractivity contribution < 1.29 is 13.9 Å². The number of hydrogen-bond acceptors (Lipinski definition) is 2. The molecule has 0 radical (unpaired) electrons. The molecule has 0 aromatic heterocycles.